The lowest BCUT2D eigenvalue weighted by molar-refractivity contribution is -0.111. The van der Waals surface area contributed by atoms with Crippen molar-refractivity contribution in [3.05, 3.63) is 0 Å². The molecule has 0 atom stereocenters. The first kappa shape index (κ1) is 10.6. The zero-order valence-corrected chi connectivity index (χ0v) is 9.03. The van der Waals surface area contributed by atoms with Crippen LogP contribution in [0.15, 0.2) is 4.34 Å². The van der Waals surface area contributed by atoms with E-state index >= 15 is 0 Å². The lowest BCUT2D eigenvalue weighted by Gasteiger charge is -1.95. The minimum Gasteiger partial charge on any atom is -0.287 e. The first-order chi connectivity index (χ1) is 6.33. The lowest BCUT2D eigenvalue weighted by Crippen LogP contribution is -1.90. The second-order valence-electron chi connectivity index (χ2n) is 2.56. The summed E-state index contributed by atoms with van der Waals surface area (Å²) in [6.07, 6.45) is 3.84. The molecule has 6 heteroatoms. The van der Waals surface area contributed by atoms with Crippen molar-refractivity contribution in [1.29, 1.82) is 0 Å². The fourth-order valence-corrected chi connectivity index (χ4v) is 2.10. The fourth-order valence-electron chi connectivity index (χ4n) is 0.833. The molecule has 0 spiro atoms. The van der Waals surface area contributed by atoms with E-state index in [1.807, 2.05) is 0 Å². The Morgan fingerprint density at radius 2 is 2.38 bits per heavy atom. The van der Waals surface area contributed by atoms with E-state index in [1.54, 1.807) is 0 Å². The topological polar surface area (TPSA) is 55.7 Å². The molecule has 13 heavy (non-hydrogen) atoms. The van der Waals surface area contributed by atoms with Gasteiger partial charge in [-0.3, -0.25) is 4.79 Å². The van der Waals surface area contributed by atoms with Crippen molar-refractivity contribution in [3.63, 3.8) is 0 Å². The van der Waals surface area contributed by atoms with E-state index < -0.39 is 0 Å². The molecule has 0 saturated heterocycles. The Morgan fingerprint density at radius 1 is 1.54 bits per heavy atom. The molecule has 0 aliphatic heterocycles. The Bertz CT molecular complexity index is 250. The second kappa shape index (κ2) is 6.04. The third kappa shape index (κ3) is 4.33. The van der Waals surface area contributed by atoms with Gasteiger partial charge in [0.05, 0.1) is 0 Å². The predicted molar refractivity (Wildman–Crippen MR) is 52.7 cm³/mol. The Hall–Kier alpha value is -0.490. The molecule has 0 amide bonds. The van der Waals surface area contributed by atoms with Crippen molar-refractivity contribution in [1.82, 2.24) is 14.8 Å². The van der Waals surface area contributed by atoms with Crippen LogP contribution < -0.4 is 0 Å². The molecule has 1 aromatic rings. The van der Waals surface area contributed by atoms with E-state index in [-0.39, 0.29) is 5.12 Å². The number of hydrogen-bond acceptors (Lipinski definition) is 6. The lowest BCUT2D eigenvalue weighted by atomic mass is 10.2. The second-order valence-corrected chi connectivity index (χ2v) is 4.60. The zero-order chi connectivity index (χ0) is 9.52. The number of nitrogens with zero attached hydrogens (tertiary/aromatic N) is 3. The van der Waals surface area contributed by atoms with Crippen molar-refractivity contribution < 1.29 is 4.79 Å². The summed E-state index contributed by atoms with van der Waals surface area (Å²) in [6.45, 7) is 2.12. The quantitative estimate of drug-likeness (QED) is 0.558. The van der Waals surface area contributed by atoms with Crippen LogP contribution in [0.25, 0.3) is 0 Å². The highest BCUT2D eigenvalue weighted by atomic mass is 32.2. The Kier molecular flexibility index (Phi) is 4.92. The Labute approximate surface area is 85.3 Å². The van der Waals surface area contributed by atoms with Gasteiger partial charge < -0.3 is 0 Å². The van der Waals surface area contributed by atoms with Gasteiger partial charge in [0, 0.05) is 18.0 Å². The van der Waals surface area contributed by atoms with Crippen LogP contribution in [0.5, 0.6) is 0 Å². The number of unbranched alkanes of at least 4 members (excludes halogenated alkanes) is 2. The van der Waals surface area contributed by atoms with Gasteiger partial charge in [0.25, 0.3) is 0 Å². The molecular weight excluding hydrogens is 206 g/mol. The van der Waals surface area contributed by atoms with Crippen LogP contribution in [0.1, 0.15) is 32.6 Å². The standard InChI is InChI=1S/C7H11N3OS2/c1-2-3-4-5-6(11)12-7-8-9-10-13-7/h2-5H2,1H3. The fraction of sp³-hybridized carbons (Fsp3) is 0.714. The molecule has 0 aromatic carbocycles. The van der Waals surface area contributed by atoms with Crippen molar-refractivity contribution >= 4 is 28.4 Å². The third-order valence-corrected chi connectivity index (χ3v) is 3.02. The highest BCUT2D eigenvalue weighted by Gasteiger charge is 2.07. The summed E-state index contributed by atoms with van der Waals surface area (Å²) in [7, 11) is 0. The van der Waals surface area contributed by atoms with E-state index in [1.165, 1.54) is 0 Å². The number of carbonyl (C=O) groups excluding carboxylic acids is 1. The third-order valence-electron chi connectivity index (χ3n) is 1.47. The van der Waals surface area contributed by atoms with Crippen molar-refractivity contribution in [3.8, 4) is 0 Å². The van der Waals surface area contributed by atoms with Crippen molar-refractivity contribution in [2.45, 2.75) is 36.9 Å². The van der Waals surface area contributed by atoms with Crippen LogP contribution >= 0.6 is 23.3 Å². The van der Waals surface area contributed by atoms with Gasteiger partial charge in [-0.2, -0.15) is 0 Å². The summed E-state index contributed by atoms with van der Waals surface area (Å²) >= 11 is 2.30. The van der Waals surface area contributed by atoms with Crippen LogP contribution in [0.3, 0.4) is 0 Å². The molecule has 1 aromatic heterocycles. The molecule has 0 aliphatic carbocycles. The van der Waals surface area contributed by atoms with Gasteiger partial charge in [0.1, 0.15) is 0 Å². The number of thioether (sulfide) groups is 1. The van der Waals surface area contributed by atoms with Gasteiger partial charge >= 0.3 is 0 Å². The summed E-state index contributed by atoms with van der Waals surface area (Å²) < 4.78 is 4.22. The minimum atomic E-state index is 0.159. The smallest absolute Gasteiger partial charge is 0.201 e. The maximum absolute atomic E-state index is 11.3. The van der Waals surface area contributed by atoms with Gasteiger partial charge in [0.2, 0.25) is 4.34 Å². The summed E-state index contributed by atoms with van der Waals surface area (Å²) in [5, 5.41) is 7.26. The highest BCUT2D eigenvalue weighted by Crippen LogP contribution is 2.20. The molecule has 72 valence electrons. The molecule has 0 bridgehead atoms. The zero-order valence-electron chi connectivity index (χ0n) is 7.39. The van der Waals surface area contributed by atoms with Crippen molar-refractivity contribution in [2.75, 3.05) is 0 Å². The SMILES string of the molecule is CCCCCC(=O)Sc1nnns1. The predicted octanol–water partition coefficient (Wildman–Crippen LogP) is 2.13. The molecule has 1 heterocycles. The summed E-state index contributed by atoms with van der Waals surface area (Å²) in [6, 6.07) is 0. The summed E-state index contributed by atoms with van der Waals surface area (Å²) in [5.41, 5.74) is 0. The van der Waals surface area contributed by atoms with E-state index in [0.29, 0.717) is 10.8 Å². The summed E-state index contributed by atoms with van der Waals surface area (Å²) in [4.78, 5) is 11.3. The van der Waals surface area contributed by atoms with Crippen LogP contribution in [0, 0.1) is 0 Å². The first-order valence-electron chi connectivity index (χ1n) is 4.18. The van der Waals surface area contributed by atoms with Crippen molar-refractivity contribution in [2.24, 2.45) is 0 Å². The number of aromatic nitrogens is 3. The number of hydrogen-bond donors (Lipinski definition) is 0. The Morgan fingerprint density at radius 3 is 3.00 bits per heavy atom. The van der Waals surface area contributed by atoms with Crippen LogP contribution in [0.2, 0.25) is 0 Å². The van der Waals surface area contributed by atoms with E-state index in [2.05, 4.69) is 21.7 Å². The molecule has 0 aliphatic rings. The average Bonchev–Trinajstić information content (AvgIpc) is 2.57. The van der Waals surface area contributed by atoms with E-state index in [4.69, 9.17) is 0 Å². The average molecular weight is 217 g/mol. The van der Waals surface area contributed by atoms with Crippen LogP contribution in [-0.4, -0.2) is 19.9 Å². The van der Waals surface area contributed by atoms with E-state index in [0.717, 1.165) is 42.6 Å². The van der Waals surface area contributed by atoms with Crippen LogP contribution in [-0.2, 0) is 4.79 Å². The monoisotopic (exact) mass is 217 g/mol. The largest absolute Gasteiger partial charge is 0.287 e. The number of rotatable bonds is 5. The van der Waals surface area contributed by atoms with Gasteiger partial charge in [0.15, 0.2) is 5.12 Å². The highest BCUT2D eigenvalue weighted by molar-refractivity contribution is 8.14. The summed E-state index contributed by atoms with van der Waals surface area (Å²) in [5.74, 6) is 0. The van der Waals surface area contributed by atoms with Gasteiger partial charge in [-0.15, -0.1) is 5.10 Å². The molecule has 1 rings (SSSR count). The van der Waals surface area contributed by atoms with Gasteiger partial charge in [-0.25, -0.2) is 0 Å². The molecular formula is C7H11N3OS2. The van der Waals surface area contributed by atoms with E-state index in [9.17, 15) is 4.79 Å². The molecule has 0 fully saturated rings. The maximum atomic E-state index is 11.3. The minimum absolute atomic E-state index is 0.159. The van der Waals surface area contributed by atoms with Gasteiger partial charge in [-0.1, -0.05) is 24.3 Å². The molecule has 0 N–H and O–H groups in total. The maximum Gasteiger partial charge on any atom is 0.201 e. The molecule has 4 nitrogen and oxygen atoms in total. The van der Waals surface area contributed by atoms with Gasteiger partial charge in [-0.05, 0) is 23.4 Å². The first-order valence-corrected chi connectivity index (χ1v) is 5.77. The molecule has 0 unspecified atom stereocenters. The molecule has 0 radical (unpaired) electrons. The normalized spacial score (nSPS) is 10.2. The molecule has 0 saturated carbocycles. The Balaban J connectivity index is 2.18. The number of carbonyl (C=O) groups is 1. The van der Waals surface area contributed by atoms with Crippen LogP contribution in [0.4, 0.5) is 0 Å².